The van der Waals surface area contributed by atoms with Crippen molar-refractivity contribution >= 4 is 39.1 Å². The molecule has 0 saturated carbocycles. The van der Waals surface area contributed by atoms with E-state index in [1.165, 1.54) is 16.4 Å². The number of hydrogen-bond donors (Lipinski definition) is 1. The average molecular weight is 487 g/mol. The Morgan fingerprint density at radius 2 is 1.84 bits per heavy atom. The zero-order chi connectivity index (χ0) is 22.8. The number of benzene rings is 2. The third kappa shape index (κ3) is 5.15. The number of morpholine rings is 1. The maximum absolute atomic E-state index is 13.1. The van der Waals surface area contributed by atoms with E-state index in [1.807, 2.05) is 32.0 Å². The minimum absolute atomic E-state index is 0.0244. The zero-order valence-corrected chi connectivity index (χ0v) is 19.8. The molecule has 10 heteroatoms. The number of aryl methyl sites for hydroxylation is 1. The highest BCUT2D eigenvalue weighted by Gasteiger charge is 2.30. The van der Waals surface area contributed by atoms with Gasteiger partial charge in [-0.2, -0.15) is 4.31 Å². The summed E-state index contributed by atoms with van der Waals surface area (Å²) in [5.74, 6) is 0.118. The summed E-state index contributed by atoms with van der Waals surface area (Å²) in [6.45, 7) is 4.78. The third-order valence-electron chi connectivity index (χ3n) is 5.05. The van der Waals surface area contributed by atoms with Crippen LogP contribution in [0, 0.1) is 6.92 Å². The molecular weight excluding hydrogens is 463 g/mol. The number of rotatable bonds is 6. The predicted octanol–water partition coefficient (Wildman–Crippen LogP) is 3.82. The molecular formula is C21H24Cl2N2O5S. The van der Waals surface area contributed by atoms with E-state index in [4.69, 9.17) is 32.7 Å². The first kappa shape index (κ1) is 23.8. The summed E-state index contributed by atoms with van der Waals surface area (Å²) in [4.78, 5) is 12.8. The minimum Gasteiger partial charge on any atom is -0.496 e. The van der Waals surface area contributed by atoms with Crippen molar-refractivity contribution in [2.45, 2.75) is 24.8 Å². The molecule has 1 N–H and O–H groups in total. The maximum atomic E-state index is 13.1. The summed E-state index contributed by atoms with van der Waals surface area (Å²) in [6.07, 6.45) is 0. The highest BCUT2D eigenvalue weighted by atomic mass is 35.5. The largest absolute Gasteiger partial charge is 0.496 e. The molecule has 0 bridgehead atoms. The van der Waals surface area contributed by atoms with Crippen LogP contribution in [0.2, 0.25) is 10.0 Å². The second kappa shape index (κ2) is 9.75. The molecule has 1 unspecified atom stereocenters. The molecule has 1 fully saturated rings. The van der Waals surface area contributed by atoms with Crippen LogP contribution >= 0.6 is 23.2 Å². The number of hydrogen-bond acceptors (Lipinski definition) is 5. The number of amides is 1. The van der Waals surface area contributed by atoms with Gasteiger partial charge in [0.1, 0.15) is 10.6 Å². The van der Waals surface area contributed by atoms with Crippen molar-refractivity contribution in [1.82, 2.24) is 9.62 Å². The number of carbonyl (C=O) groups excluding carboxylic acids is 1. The normalized spacial score (nSPS) is 16.0. The Labute approximate surface area is 192 Å². The topological polar surface area (TPSA) is 84.9 Å². The van der Waals surface area contributed by atoms with Crippen molar-refractivity contribution < 1.29 is 22.7 Å². The van der Waals surface area contributed by atoms with Crippen molar-refractivity contribution in [2.75, 3.05) is 33.4 Å². The Morgan fingerprint density at radius 3 is 2.48 bits per heavy atom. The Hall–Kier alpha value is -1.84. The summed E-state index contributed by atoms with van der Waals surface area (Å²) in [6, 6.07) is 7.76. The molecule has 168 valence electrons. The molecule has 1 heterocycles. The summed E-state index contributed by atoms with van der Waals surface area (Å²) < 4.78 is 38.0. The Kier molecular flexibility index (Phi) is 7.49. The molecule has 0 aromatic heterocycles. The van der Waals surface area contributed by atoms with Crippen LogP contribution in [0.5, 0.6) is 5.75 Å². The summed E-state index contributed by atoms with van der Waals surface area (Å²) in [5, 5.41) is 2.88. The van der Waals surface area contributed by atoms with E-state index < -0.39 is 22.0 Å². The van der Waals surface area contributed by atoms with Crippen LogP contribution < -0.4 is 10.1 Å². The molecule has 0 radical (unpaired) electrons. The third-order valence-corrected chi connectivity index (χ3v) is 7.73. The number of sulfonamides is 1. The first-order chi connectivity index (χ1) is 14.6. The minimum atomic E-state index is -3.90. The van der Waals surface area contributed by atoms with E-state index in [2.05, 4.69) is 5.32 Å². The van der Waals surface area contributed by atoms with Crippen LogP contribution in [-0.4, -0.2) is 52.0 Å². The van der Waals surface area contributed by atoms with Crippen LogP contribution in [0.15, 0.2) is 35.2 Å². The monoisotopic (exact) mass is 486 g/mol. The highest BCUT2D eigenvalue weighted by molar-refractivity contribution is 7.89. The quantitative estimate of drug-likeness (QED) is 0.670. The van der Waals surface area contributed by atoms with Gasteiger partial charge in [-0.15, -0.1) is 0 Å². The molecule has 1 aliphatic rings. The van der Waals surface area contributed by atoms with E-state index >= 15 is 0 Å². The fourth-order valence-electron chi connectivity index (χ4n) is 3.37. The molecule has 1 aliphatic heterocycles. The Morgan fingerprint density at radius 1 is 1.16 bits per heavy atom. The van der Waals surface area contributed by atoms with Crippen molar-refractivity contribution in [3.63, 3.8) is 0 Å². The molecule has 1 amide bonds. The van der Waals surface area contributed by atoms with Crippen LogP contribution in [0.25, 0.3) is 0 Å². The standard InChI is InChI=1S/C21H24Cl2N2O5S/c1-13-4-5-19(29-3)15(10-13)14(2)24-21(26)16-11-20(18(23)12-17(16)22)31(27,28)25-6-8-30-9-7-25/h4-5,10-12,14H,6-9H2,1-3H3,(H,24,26). The number of nitrogens with one attached hydrogen (secondary N) is 1. The molecule has 2 aromatic carbocycles. The van der Waals surface area contributed by atoms with Crippen molar-refractivity contribution in [3.8, 4) is 5.75 Å². The molecule has 0 aliphatic carbocycles. The van der Waals surface area contributed by atoms with Gasteiger partial charge in [0.15, 0.2) is 0 Å². The number of methoxy groups -OCH3 is 1. The van der Waals surface area contributed by atoms with Crippen LogP contribution in [-0.2, 0) is 14.8 Å². The molecule has 31 heavy (non-hydrogen) atoms. The number of ether oxygens (including phenoxy) is 2. The van der Waals surface area contributed by atoms with Crippen LogP contribution in [0.3, 0.4) is 0 Å². The smallest absolute Gasteiger partial charge is 0.253 e. The molecule has 1 atom stereocenters. The van der Waals surface area contributed by atoms with Crippen molar-refractivity contribution in [2.24, 2.45) is 0 Å². The van der Waals surface area contributed by atoms with Gasteiger partial charge in [-0.05, 0) is 32.0 Å². The van der Waals surface area contributed by atoms with E-state index in [1.54, 1.807) is 7.11 Å². The van der Waals surface area contributed by atoms with Gasteiger partial charge in [0.05, 0.1) is 42.0 Å². The second-order valence-electron chi connectivity index (χ2n) is 7.22. The first-order valence-electron chi connectivity index (χ1n) is 9.67. The molecule has 2 aromatic rings. The second-order valence-corrected chi connectivity index (χ2v) is 9.94. The number of nitrogens with zero attached hydrogens (tertiary/aromatic N) is 1. The van der Waals surface area contributed by atoms with E-state index in [0.29, 0.717) is 19.0 Å². The van der Waals surface area contributed by atoms with Gasteiger partial charge in [0.25, 0.3) is 5.91 Å². The predicted molar refractivity (Wildman–Crippen MR) is 120 cm³/mol. The van der Waals surface area contributed by atoms with Gasteiger partial charge >= 0.3 is 0 Å². The Bertz CT molecular complexity index is 1090. The molecule has 3 rings (SSSR count). The average Bonchev–Trinajstić information content (AvgIpc) is 2.74. The van der Waals surface area contributed by atoms with E-state index in [-0.39, 0.29) is 33.6 Å². The molecule has 7 nitrogen and oxygen atoms in total. The van der Waals surface area contributed by atoms with Gasteiger partial charge in [-0.1, -0.05) is 40.9 Å². The van der Waals surface area contributed by atoms with E-state index in [9.17, 15) is 13.2 Å². The molecule has 1 saturated heterocycles. The number of carbonyl (C=O) groups is 1. The van der Waals surface area contributed by atoms with Gasteiger partial charge < -0.3 is 14.8 Å². The van der Waals surface area contributed by atoms with Gasteiger partial charge in [0, 0.05) is 18.7 Å². The van der Waals surface area contributed by atoms with Gasteiger partial charge in [-0.3, -0.25) is 4.79 Å². The first-order valence-corrected chi connectivity index (χ1v) is 11.9. The molecule has 0 spiro atoms. The Balaban J connectivity index is 1.91. The lowest BCUT2D eigenvalue weighted by Crippen LogP contribution is -2.40. The fourth-order valence-corrected chi connectivity index (χ4v) is 5.61. The lowest BCUT2D eigenvalue weighted by Gasteiger charge is -2.26. The number of halogens is 2. The van der Waals surface area contributed by atoms with Crippen molar-refractivity contribution in [3.05, 3.63) is 57.1 Å². The van der Waals surface area contributed by atoms with Crippen molar-refractivity contribution in [1.29, 1.82) is 0 Å². The summed E-state index contributed by atoms with van der Waals surface area (Å²) >= 11 is 12.4. The summed E-state index contributed by atoms with van der Waals surface area (Å²) in [5.41, 5.74) is 1.83. The fraction of sp³-hybridized carbons (Fsp3) is 0.381. The lowest BCUT2D eigenvalue weighted by molar-refractivity contribution is 0.0730. The highest BCUT2D eigenvalue weighted by Crippen LogP contribution is 2.32. The lowest BCUT2D eigenvalue weighted by atomic mass is 10.0. The zero-order valence-electron chi connectivity index (χ0n) is 17.4. The summed E-state index contributed by atoms with van der Waals surface area (Å²) in [7, 11) is -2.34. The van der Waals surface area contributed by atoms with Crippen LogP contribution in [0.4, 0.5) is 0 Å². The van der Waals surface area contributed by atoms with Gasteiger partial charge in [0.2, 0.25) is 10.0 Å². The van der Waals surface area contributed by atoms with E-state index in [0.717, 1.165) is 11.1 Å². The SMILES string of the molecule is COc1ccc(C)cc1C(C)NC(=O)c1cc(S(=O)(=O)N2CCOCC2)c(Cl)cc1Cl. The van der Waals surface area contributed by atoms with Gasteiger partial charge in [-0.25, -0.2) is 8.42 Å². The maximum Gasteiger partial charge on any atom is 0.253 e. The van der Waals surface area contributed by atoms with Crippen LogP contribution in [0.1, 0.15) is 34.5 Å².